The number of rotatable bonds is 3. The van der Waals surface area contributed by atoms with Crippen molar-refractivity contribution in [1.82, 2.24) is 0 Å². The van der Waals surface area contributed by atoms with Gasteiger partial charge >= 0.3 is 0 Å². The first kappa shape index (κ1) is 14.0. The van der Waals surface area contributed by atoms with Crippen LogP contribution >= 0.6 is 15.9 Å². The molecule has 0 spiro atoms. The highest BCUT2D eigenvalue weighted by molar-refractivity contribution is 9.10. The van der Waals surface area contributed by atoms with Gasteiger partial charge in [0.05, 0.1) is 11.3 Å². The van der Waals surface area contributed by atoms with Crippen LogP contribution < -0.4 is 11.1 Å². The molecular weight excluding hydrogens is 306 g/mol. The van der Waals surface area contributed by atoms with Crippen LogP contribution in [-0.4, -0.2) is 11.4 Å². The first-order valence-electron chi connectivity index (χ1n) is 6.31. The number of anilines is 1. The summed E-state index contributed by atoms with van der Waals surface area (Å²) < 4.78 is 0.813. The number of hydrogen-bond donors (Lipinski definition) is 2. The predicted molar refractivity (Wildman–Crippen MR) is 77.5 cm³/mol. The van der Waals surface area contributed by atoms with Crippen LogP contribution in [0.25, 0.3) is 0 Å². The second-order valence-electron chi connectivity index (χ2n) is 5.10. The van der Waals surface area contributed by atoms with E-state index in [0.717, 1.165) is 30.2 Å². The van der Waals surface area contributed by atoms with Crippen molar-refractivity contribution in [3.05, 3.63) is 28.2 Å². The fraction of sp³-hybridized carbons (Fsp3) is 0.429. The van der Waals surface area contributed by atoms with E-state index in [4.69, 9.17) is 11.0 Å². The number of nitrogens with one attached hydrogen (secondary N) is 1. The van der Waals surface area contributed by atoms with Crippen molar-refractivity contribution >= 4 is 27.5 Å². The lowest BCUT2D eigenvalue weighted by molar-refractivity contribution is -0.117. The van der Waals surface area contributed by atoms with Crippen LogP contribution in [0.4, 0.5) is 5.69 Å². The van der Waals surface area contributed by atoms with E-state index in [0.29, 0.717) is 17.7 Å². The summed E-state index contributed by atoms with van der Waals surface area (Å²) in [7, 11) is 0. The fourth-order valence-corrected chi connectivity index (χ4v) is 2.85. The molecule has 0 unspecified atom stereocenters. The summed E-state index contributed by atoms with van der Waals surface area (Å²) in [5.41, 5.74) is 6.79. The molecule has 0 aliphatic heterocycles. The molecule has 0 aromatic heterocycles. The monoisotopic (exact) mass is 321 g/mol. The van der Waals surface area contributed by atoms with E-state index in [-0.39, 0.29) is 11.4 Å². The molecule has 1 saturated carbocycles. The minimum absolute atomic E-state index is 0.122. The Morgan fingerprint density at radius 1 is 1.47 bits per heavy atom. The van der Waals surface area contributed by atoms with Crippen LogP contribution in [0.3, 0.4) is 0 Å². The molecule has 1 fully saturated rings. The van der Waals surface area contributed by atoms with Gasteiger partial charge in [0.1, 0.15) is 6.07 Å². The molecule has 1 aromatic rings. The Kier molecular flexibility index (Phi) is 4.23. The van der Waals surface area contributed by atoms with E-state index < -0.39 is 0 Å². The van der Waals surface area contributed by atoms with Crippen LogP contribution in [0.5, 0.6) is 0 Å². The number of nitrogens with zero attached hydrogens (tertiary/aromatic N) is 1. The predicted octanol–water partition coefficient (Wildman–Crippen LogP) is 2.92. The zero-order valence-corrected chi connectivity index (χ0v) is 12.2. The Balaban J connectivity index is 2.05. The highest BCUT2D eigenvalue weighted by Gasteiger charge is 2.31. The molecule has 100 valence electrons. The lowest BCUT2D eigenvalue weighted by atomic mass is 9.94. The van der Waals surface area contributed by atoms with Crippen molar-refractivity contribution < 1.29 is 4.79 Å². The maximum absolute atomic E-state index is 12.0. The van der Waals surface area contributed by atoms with Gasteiger partial charge < -0.3 is 11.1 Å². The first-order valence-corrected chi connectivity index (χ1v) is 7.10. The number of halogens is 1. The topological polar surface area (TPSA) is 78.9 Å². The van der Waals surface area contributed by atoms with E-state index in [2.05, 4.69) is 27.3 Å². The van der Waals surface area contributed by atoms with Crippen molar-refractivity contribution in [2.45, 2.75) is 37.6 Å². The molecule has 0 bridgehead atoms. The molecule has 19 heavy (non-hydrogen) atoms. The van der Waals surface area contributed by atoms with Crippen LogP contribution in [0, 0.1) is 11.3 Å². The molecule has 4 nitrogen and oxygen atoms in total. The normalized spacial score (nSPS) is 16.9. The maximum atomic E-state index is 12.0. The number of nitrogens with two attached hydrogens (primary N) is 1. The molecule has 1 aliphatic rings. The fourth-order valence-electron chi connectivity index (χ4n) is 2.49. The number of carbonyl (C=O) groups is 1. The van der Waals surface area contributed by atoms with Crippen molar-refractivity contribution in [3.63, 3.8) is 0 Å². The zero-order chi connectivity index (χ0) is 13.9. The van der Waals surface area contributed by atoms with E-state index in [1.54, 1.807) is 18.2 Å². The van der Waals surface area contributed by atoms with Gasteiger partial charge in [0.15, 0.2) is 0 Å². The number of benzene rings is 1. The molecule has 0 saturated heterocycles. The average Bonchev–Trinajstić information content (AvgIpc) is 2.77. The number of nitriles is 1. The van der Waals surface area contributed by atoms with Gasteiger partial charge in [-0.25, -0.2) is 0 Å². The smallest absolute Gasteiger partial charge is 0.226 e. The molecule has 0 heterocycles. The Morgan fingerprint density at radius 2 is 2.16 bits per heavy atom. The quantitative estimate of drug-likeness (QED) is 0.898. The van der Waals surface area contributed by atoms with Crippen molar-refractivity contribution in [2.75, 3.05) is 5.32 Å². The van der Waals surface area contributed by atoms with Crippen molar-refractivity contribution in [1.29, 1.82) is 5.26 Å². The Bertz CT molecular complexity index is 530. The lowest BCUT2D eigenvalue weighted by Gasteiger charge is -2.22. The molecule has 5 heteroatoms. The minimum Gasteiger partial charge on any atom is -0.325 e. The number of carbonyl (C=O) groups excluding carboxylic acids is 1. The van der Waals surface area contributed by atoms with Crippen molar-refractivity contribution in [2.24, 2.45) is 5.73 Å². The summed E-state index contributed by atoms with van der Waals surface area (Å²) in [5, 5.41) is 11.8. The van der Waals surface area contributed by atoms with Gasteiger partial charge in [-0.3, -0.25) is 4.79 Å². The summed E-state index contributed by atoms with van der Waals surface area (Å²) in [5.74, 6) is -0.122. The highest BCUT2D eigenvalue weighted by Crippen LogP contribution is 2.30. The summed E-state index contributed by atoms with van der Waals surface area (Å²) in [6.07, 6.45) is 4.28. The van der Waals surface area contributed by atoms with E-state index in [1.807, 2.05) is 0 Å². The Hall–Kier alpha value is -1.38. The lowest BCUT2D eigenvalue weighted by Crippen LogP contribution is -2.40. The molecule has 2 rings (SSSR count). The van der Waals surface area contributed by atoms with E-state index in [9.17, 15) is 4.79 Å². The highest BCUT2D eigenvalue weighted by atomic mass is 79.9. The second-order valence-corrected chi connectivity index (χ2v) is 6.01. The molecule has 3 N–H and O–H groups in total. The van der Waals surface area contributed by atoms with E-state index >= 15 is 0 Å². The molecule has 0 radical (unpaired) electrons. The summed E-state index contributed by atoms with van der Waals surface area (Å²) in [6.45, 7) is 0. The summed E-state index contributed by atoms with van der Waals surface area (Å²) in [4.78, 5) is 12.0. The van der Waals surface area contributed by atoms with Gasteiger partial charge in [-0.15, -0.1) is 0 Å². The molecule has 1 amide bonds. The van der Waals surface area contributed by atoms with Gasteiger partial charge in [0.25, 0.3) is 0 Å². The Labute approximate surface area is 121 Å². The largest absolute Gasteiger partial charge is 0.325 e. The molecule has 1 aromatic carbocycles. The number of amides is 1. The van der Waals surface area contributed by atoms with Crippen LogP contribution in [-0.2, 0) is 4.79 Å². The third-order valence-corrected chi connectivity index (χ3v) is 3.98. The SMILES string of the molecule is N#Cc1cc(Br)ccc1NC(=O)CC1(N)CCCC1. The van der Waals surface area contributed by atoms with Crippen LogP contribution in [0.1, 0.15) is 37.7 Å². The first-order chi connectivity index (χ1) is 9.02. The molecule has 1 aliphatic carbocycles. The van der Waals surface area contributed by atoms with Crippen molar-refractivity contribution in [3.8, 4) is 6.07 Å². The summed E-state index contributed by atoms with van der Waals surface area (Å²) >= 11 is 3.30. The standard InChI is InChI=1S/C14H16BrN3O/c15-11-3-4-12(10(7-11)9-16)18-13(19)8-14(17)5-1-2-6-14/h3-4,7H,1-2,5-6,8,17H2,(H,18,19). The third kappa shape index (κ3) is 3.55. The van der Waals surface area contributed by atoms with Gasteiger partial charge in [0.2, 0.25) is 5.91 Å². The maximum Gasteiger partial charge on any atom is 0.226 e. The van der Waals surface area contributed by atoms with Gasteiger partial charge in [-0.05, 0) is 31.0 Å². The van der Waals surface area contributed by atoms with E-state index in [1.165, 1.54) is 0 Å². The Morgan fingerprint density at radius 3 is 2.79 bits per heavy atom. The summed E-state index contributed by atoms with van der Waals surface area (Å²) in [6, 6.07) is 7.27. The van der Waals surface area contributed by atoms with Crippen LogP contribution in [0.15, 0.2) is 22.7 Å². The average molecular weight is 322 g/mol. The zero-order valence-electron chi connectivity index (χ0n) is 10.6. The third-order valence-electron chi connectivity index (χ3n) is 3.49. The van der Waals surface area contributed by atoms with Gasteiger partial charge in [0, 0.05) is 16.4 Å². The molecule has 0 atom stereocenters. The van der Waals surface area contributed by atoms with Gasteiger partial charge in [-0.2, -0.15) is 5.26 Å². The number of hydrogen-bond acceptors (Lipinski definition) is 3. The second kappa shape index (κ2) is 5.72. The van der Waals surface area contributed by atoms with Gasteiger partial charge in [-0.1, -0.05) is 28.8 Å². The minimum atomic E-state index is -0.369. The van der Waals surface area contributed by atoms with Crippen LogP contribution in [0.2, 0.25) is 0 Å². The molecular formula is C14H16BrN3O.